The fraction of sp³-hybridized carbons (Fsp3) is 0.778. The summed E-state index contributed by atoms with van der Waals surface area (Å²) in [6.07, 6.45) is -2.26. The molecule has 4 unspecified atom stereocenters. The van der Waals surface area contributed by atoms with Gasteiger partial charge in [-0.3, -0.25) is 22.8 Å². The van der Waals surface area contributed by atoms with E-state index in [0.717, 1.165) is 0 Å². The minimum Gasteiger partial charge on any atom is -0.756 e. The third-order valence-corrected chi connectivity index (χ3v) is 6.82. The summed E-state index contributed by atoms with van der Waals surface area (Å²) < 4.78 is 55.7. The predicted octanol–water partition coefficient (Wildman–Crippen LogP) is -0.154. The van der Waals surface area contributed by atoms with Gasteiger partial charge in [0, 0.05) is 23.9 Å². The molecule has 0 amide bonds. The van der Waals surface area contributed by atoms with Crippen LogP contribution in [-0.2, 0) is 41.1 Å². The van der Waals surface area contributed by atoms with Crippen molar-refractivity contribution >= 4 is 37.1 Å². The zero-order chi connectivity index (χ0) is 21.6. The van der Waals surface area contributed by atoms with E-state index in [1.807, 2.05) is 0 Å². The molecule has 0 bridgehead atoms. The number of carbonyl (C=O) groups excluding carboxylic acids is 1. The standard InChI is InChI=1S/C9H16BN3O12P3/c1-26(15,24-28(19,20)25-27(16,17)18)21-5-7-6(4-8(10)22-7)23-9(14)2-3-12-13-11/h6-8H,1-5H2,(H,19,20)(H2,16,17,18)/q-1/p-2/t6?,7-,8-,26?/m1/s1. The van der Waals surface area contributed by atoms with E-state index in [-0.39, 0.29) is 19.4 Å². The summed E-state index contributed by atoms with van der Waals surface area (Å²) >= 11 is 0. The maximum Gasteiger partial charge on any atom is 0.306 e. The van der Waals surface area contributed by atoms with Gasteiger partial charge in [0.25, 0.3) is 15.6 Å². The Morgan fingerprint density at radius 2 is 2.04 bits per heavy atom. The molecule has 6 atom stereocenters. The molecule has 0 spiro atoms. The zero-order valence-corrected chi connectivity index (χ0v) is 16.6. The summed E-state index contributed by atoms with van der Waals surface area (Å²) in [4.78, 5) is 44.1. The second kappa shape index (κ2) is 10.3. The number of esters is 1. The number of nitrogens with zero attached hydrogens (tertiary/aromatic N) is 3. The van der Waals surface area contributed by atoms with Gasteiger partial charge in [0.2, 0.25) is 0 Å². The Morgan fingerprint density at radius 3 is 2.61 bits per heavy atom. The van der Waals surface area contributed by atoms with Crippen LogP contribution in [0.25, 0.3) is 10.4 Å². The Morgan fingerprint density at radius 1 is 1.39 bits per heavy atom. The number of rotatable bonds is 11. The van der Waals surface area contributed by atoms with Crippen molar-refractivity contribution in [3.8, 4) is 0 Å². The van der Waals surface area contributed by atoms with Crippen molar-refractivity contribution in [3.05, 3.63) is 17.1 Å². The first kappa shape index (κ1) is 25.3. The topological polar surface area (TPSA) is 230 Å². The summed E-state index contributed by atoms with van der Waals surface area (Å²) in [6.45, 7) is 2.03. The quantitative estimate of drug-likeness (QED) is 0.0807. The van der Waals surface area contributed by atoms with Crippen LogP contribution in [0.3, 0.4) is 0 Å². The highest BCUT2D eigenvalue weighted by atomic mass is 31.3. The Bertz CT molecular complexity index is 754. The highest BCUT2D eigenvalue weighted by molar-refractivity contribution is 7.68. The van der Waals surface area contributed by atoms with E-state index in [0.29, 0.717) is 0 Å². The van der Waals surface area contributed by atoms with Gasteiger partial charge in [-0.05, 0) is 5.53 Å². The van der Waals surface area contributed by atoms with Crippen LogP contribution in [0.2, 0.25) is 0 Å². The summed E-state index contributed by atoms with van der Waals surface area (Å²) in [5.41, 5.74) is 8.14. The minimum absolute atomic E-state index is 0.0244. The molecule has 1 rings (SSSR count). The van der Waals surface area contributed by atoms with Crippen LogP contribution in [-0.4, -0.2) is 50.1 Å². The molecule has 1 aliphatic rings. The molecule has 1 heterocycles. The molecule has 1 fully saturated rings. The van der Waals surface area contributed by atoms with Crippen LogP contribution >= 0.6 is 23.2 Å². The highest BCUT2D eigenvalue weighted by Crippen LogP contribution is 2.64. The van der Waals surface area contributed by atoms with E-state index in [2.05, 4.69) is 29.8 Å². The Labute approximate surface area is 160 Å². The Hall–Kier alpha value is -0.745. The van der Waals surface area contributed by atoms with Crippen molar-refractivity contribution in [3.63, 3.8) is 0 Å². The lowest BCUT2D eigenvalue weighted by molar-refractivity contribution is -0.236. The first-order valence-electron chi connectivity index (χ1n) is 7.21. The average molecular weight is 460 g/mol. The number of phosphoric acid groups is 2. The monoisotopic (exact) mass is 460 g/mol. The van der Waals surface area contributed by atoms with Crippen molar-refractivity contribution in [2.24, 2.45) is 5.11 Å². The van der Waals surface area contributed by atoms with Crippen LogP contribution < -0.4 is 9.79 Å². The summed E-state index contributed by atoms with van der Waals surface area (Å²) in [5.74, 6) is -0.749. The highest BCUT2D eigenvalue weighted by Gasteiger charge is 2.36. The van der Waals surface area contributed by atoms with Crippen LogP contribution in [0.4, 0.5) is 0 Å². The molecule has 15 nitrogen and oxygen atoms in total. The minimum atomic E-state index is -5.78. The molecule has 0 aromatic heterocycles. The first-order valence-corrected chi connectivity index (χ1v) is 11.9. The third-order valence-electron chi connectivity index (χ3n) is 2.85. The third kappa shape index (κ3) is 10.2. The van der Waals surface area contributed by atoms with Gasteiger partial charge in [0.05, 0.1) is 13.0 Å². The zero-order valence-electron chi connectivity index (χ0n) is 14.0. The normalized spacial score (nSPS) is 28.4. The van der Waals surface area contributed by atoms with Gasteiger partial charge in [-0.25, -0.2) is 11.0 Å². The van der Waals surface area contributed by atoms with Gasteiger partial charge in [-0.15, -0.1) is 0 Å². The van der Waals surface area contributed by atoms with Crippen LogP contribution in [0, 0.1) is 6.66 Å². The van der Waals surface area contributed by atoms with Crippen LogP contribution in [0.15, 0.2) is 5.11 Å². The van der Waals surface area contributed by atoms with Crippen molar-refractivity contribution < 1.29 is 55.8 Å². The molecule has 0 saturated carbocycles. The SMILES string of the molecule is [B][C@H]1CC(OC(=O)CCN=[N+]=[N-])[C@@H](COP([CH2-])(=O)OP(=O)([O-])OP(=O)([O-])O)O1. The molecular formula is C9H14BN3O12P3-3. The molecule has 1 saturated heterocycles. The number of hydrogen-bond donors (Lipinski definition) is 1. The van der Waals surface area contributed by atoms with Gasteiger partial charge in [-0.1, -0.05) is 5.11 Å². The van der Waals surface area contributed by atoms with E-state index >= 15 is 0 Å². The van der Waals surface area contributed by atoms with Crippen molar-refractivity contribution in [2.75, 3.05) is 13.2 Å². The first-order chi connectivity index (χ1) is 12.7. The van der Waals surface area contributed by atoms with Gasteiger partial charge in [0.15, 0.2) is 7.60 Å². The molecule has 0 aromatic carbocycles. The largest absolute Gasteiger partial charge is 0.756 e. The van der Waals surface area contributed by atoms with Crippen molar-refractivity contribution in [1.82, 2.24) is 0 Å². The second-order valence-electron chi connectivity index (χ2n) is 5.17. The summed E-state index contributed by atoms with van der Waals surface area (Å²) in [7, 11) is -10.7. The molecule has 28 heavy (non-hydrogen) atoms. The molecular weight excluding hydrogens is 446 g/mol. The van der Waals surface area contributed by atoms with Gasteiger partial charge in [-0.2, -0.15) is 0 Å². The molecule has 0 aromatic rings. The molecule has 1 aliphatic heterocycles. The molecule has 0 aliphatic carbocycles. The average Bonchev–Trinajstić information content (AvgIpc) is 2.81. The molecule has 19 heteroatoms. The van der Waals surface area contributed by atoms with Gasteiger partial charge in [0.1, 0.15) is 20.1 Å². The van der Waals surface area contributed by atoms with Crippen molar-refractivity contribution in [2.45, 2.75) is 31.1 Å². The fourth-order valence-corrected chi connectivity index (χ4v) is 5.12. The van der Waals surface area contributed by atoms with Crippen LogP contribution in [0.1, 0.15) is 12.8 Å². The number of carbonyl (C=O) groups is 1. The number of ether oxygens (including phenoxy) is 2. The molecule has 158 valence electrons. The summed E-state index contributed by atoms with van der Waals surface area (Å²) in [5, 5.41) is 3.16. The Kier molecular flexibility index (Phi) is 9.33. The number of hydrogen-bond acceptors (Lipinski definition) is 12. The van der Waals surface area contributed by atoms with E-state index < -0.39 is 54.0 Å². The lowest BCUT2D eigenvalue weighted by Crippen LogP contribution is -2.31. The lowest BCUT2D eigenvalue weighted by atomic mass is 9.96. The summed E-state index contributed by atoms with van der Waals surface area (Å²) in [6, 6.07) is -0.886. The number of azide groups is 1. The maximum absolute atomic E-state index is 11.9. The van der Waals surface area contributed by atoms with E-state index in [1.165, 1.54) is 0 Å². The van der Waals surface area contributed by atoms with E-state index in [9.17, 15) is 28.3 Å². The maximum atomic E-state index is 11.9. The second-order valence-corrected chi connectivity index (χ2v) is 9.79. The smallest absolute Gasteiger partial charge is 0.306 e. The van der Waals surface area contributed by atoms with Crippen molar-refractivity contribution in [1.29, 1.82) is 0 Å². The van der Waals surface area contributed by atoms with Gasteiger partial charge >= 0.3 is 5.97 Å². The van der Waals surface area contributed by atoms with Crippen LogP contribution in [0.5, 0.6) is 0 Å². The molecule has 2 radical (unpaired) electrons. The van der Waals surface area contributed by atoms with Gasteiger partial charge < -0.3 is 28.7 Å². The fourth-order valence-electron chi connectivity index (χ4n) is 1.94. The lowest BCUT2D eigenvalue weighted by Gasteiger charge is -2.32. The van der Waals surface area contributed by atoms with E-state index in [1.54, 1.807) is 0 Å². The predicted molar refractivity (Wildman–Crippen MR) is 86.1 cm³/mol. The molecule has 1 N–H and O–H groups in total. The van der Waals surface area contributed by atoms with E-state index in [4.69, 9.17) is 27.7 Å². The Balaban J connectivity index is 2.63.